The van der Waals surface area contributed by atoms with Gasteiger partial charge in [0.15, 0.2) is 11.5 Å². The molecule has 0 amide bonds. The predicted molar refractivity (Wildman–Crippen MR) is 93.4 cm³/mol. The molecule has 1 aliphatic heterocycles. The zero-order valence-corrected chi connectivity index (χ0v) is 14.9. The van der Waals surface area contributed by atoms with Crippen molar-refractivity contribution in [3.8, 4) is 11.5 Å². The third-order valence-electron chi connectivity index (χ3n) is 3.44. The number of fused-ring (bicyclic) bond motifs is 1. The van der Waals surface area contributed by atoms with Gasteiger partial charge in [-0.1, -0.05) is 41.4 Å². The van der Waals surface area contributed by atoms with Crippen LogP contribution in [0.1, 0.15) is 5.56 Å². The molecule has 0 aromatic heterocycles. The summed E-state index contributed by atoms with van der Waals surface area (Å²) in [5.74, 6) is 1.08. The molecule has 2 aromatic carbocycles. The van der Waals surface area contributed by atoms with Crippen LogP contribution in [0.2, 0.25) is 10.0 Å². The minimum absolute atomic E-state index is 0.123. The van der Waals surface area contributed by atoms with Gasteiger partial charge in [0.1, 0.15) is 12.7 Å². The first kappa shape index (κ1) is 17.4. The summed E-state index contributed by atoms with van der Waals surface area (Å²) in [7, 11) is -3.53. The minimum Gasteiger partial charge on any atom is -0.486 e. The highest BCUT2D eigenvalue weighted by molar-refractivity contribution is 7.88. The average molecular weight is 388 g/mol. The number of benzene rings is 2. The van der Waals surface area contributed by atoms with E-state index in [1.54, 1.807) is 30.3 Å². The number of para-hydroxylation sites is 2. The van der Waals surface area contributed by atoms with Crippen molar-refractivity contribution in [2.24, 2.45) is 0 Å². The van der Waals surface area contributed by atoms with Gasteiger partial charge in [-0.3, -0.25) is 0 Å². The number of halogens is 2. The van der Waals surface area contributed by atoms with Crippen molar-refractivity contribution < 1.29 is 17.9 Å². The van der Waals surface area contributed by atoms with E-state index in [0.29, 0.717) is 27.1 Å². The van der Waals surface area contributed by atoms with E-state index in [9.17, 15) is 8.42 Å². The molecule has 8 heteroatoms. The highest BCUT2D eigenvalue weighted by Gasteiger charge is 2.22. The van der Waals surface area contributed by atoms with Crippen molar-refractivity contribution in [1.82, 2.24) is 4.72 Å². The second-order valence-corrected chi connectivity index (χ2v) is 7.97. The van der Waals surface area contributed by atoms with Gasteiger partial charge in [0.25, 0.3) is 0 Å². The third kappa shape index (κ3) is 4.33. The van der Waals surface area contributed by atoms with Crippen molar-refractivity contribution in [1.29, 1.82) is 0 Å². The van der Waals surface area contributed by atoms with Gasteiger partial charge >= 0.3 is 0 Å². The molecule has 1 N–H and O–H groups in total. The maximum atomic E-state index is 12.2. The summed E-state index contributed by atoms with van der Waals surface area (Å²) in [6, 6.07) is 12.0. The molecule has 5 nitrogen and oxygen atoms in total. The Hall–Kier alpha value is -1.47. The second kappa shape index (κ2) is 7.19. The molecule has 0 fully saturated rings. The zero-order chi connectivity index (χ0) is 17.2. The summed E-state index contributed by atoms with van der Waals surface area (Å²) in [5, 5.41) is 0.710. The Morgan fingerprint density at radius 1 is 1.08 bits per heavy atom. The molecule has 1 heterocycles. The van der Waals surface area contributed by atoms with Gasteiger partial charge in [0.05, 0.1) is 22.3 Å². The van der Waals surface area contributed by atoms with E-state index >= 15 is 0 Å². The maximum absolute atomic E-state index is 12.2. The Balaban J connectivity index is 1.58. The largest absolute Gasteiger partial charge is 0.486 e. The van der Waals surface area contributed by atoms with Gasteiger partial charge in [0.2, 0.25) is 10.0 Å². The van der Waals surface area contributed by atoms with E-state index in [0.717, 1.165) is 0 Å². The first-order chi connectivity index (χ1) is 11.4. The number of hydrogen-bond donors (Lipinski definition) is 1. The molecule has 2 aromatic rings. The number of rotatable bonds is 5. The fourth-order valence-corrected chi connectivity index (χ4v) is 3.76. The van der Waals surface area contributed by atoms with E-state index in [1.165, 1.54) is 0 Å². The fourth-order valence-electron chi connectivity index (χ4n) is 2.28. The van der Waals surface area contributed by atoms with Crippen LogP contribution in [-0.2, 0) is 15.8 Å². The maximum Gasteiger partial charge on any atom is 0.215 e. The molecule has 0 aliphatic carbocycles. The molecule has 24 heavy (non-hydrogen) atoms. The Labute approximate surface area is 150 Å². The van der Waals surface area contributed by atoms with Crippen LogP contribution in [0.5, 0.6) is 11.5 Å². The van der Waals surface area contributed by atoms with E-state index in [-0.39, 0.29) is 25.0 Å². The van der Waals surface area contributed by atoms with Gasteiger partial charge in [0, 0.05) is 0 Å². The summed E-state index contributed by atoms with van der Waals surface area (Å²) in [6.07, 6.45) is -0.386. The van der Waals surface area contributed by atoms with Crippen LogP contribution in [0.4, 0.5) is 0 Å². The number of hydrogen-bond acceptors (Lipinski definition) is 4. The second-order valence-electron chi connectivity index (χ2n) is 5.35. The molecule has 128 valence electrons. The summed E-state index contributed by atoms with van der Waals surface area (Å²) in [6.45, 7) is 0.407. The summed E-state index contributed by atoms with van der Waals surface area (Å²) in [5.41, 5.74) is 0.558. The van der Waals surface area contributed by atoms with Crippen LogP contribution in [0.25, 0.3) is 0 Å². The van der Waals surface area contributed by atoms with Gasteiger partial charge < -0.3 is 9.47 Å². The molecule has 0 saturated carbocycles. The number of nitrogens with one attached hydrogen (secondary N) is 1. The monoisotopic (exact) mass is 387 g/mol. The van der Waals surface area contributed by atoms with Crippen LogP contribution in [0, 0.1) is 0 Å². The van der Waals surface area contributed by atoms with Crippen LogP contribution in [0.15, 0.2) is 42.5 Å². The molecule has 0 spiro atoms. The highest BCUT2D eigenvalue weighted by atomic mass is 35.5. The lowest BCUT2D eigenvalue weighted by atomic mass is 10.2. The van der Waals surface area contributed by atoms with Gasteiger partial charge in [-0.25, -0.2) is 13.1 Å². The molecule has 1 aliphatic rings. The van der Waals surface area contributed by atoms with Gasteiger partial charge in [-0.05, 0) is 29.8 Å². The predicted octanol–water partition coefficient (Wildman–Crippen LogP) is 3.25. The van der Waals surface area contributed by atoms with Crippen LogP contribution >= 0.6 is 23.2 Å². The van der Waals surface area contributed by atoms with Gasteiger partial charge in [-0.15, -0.1) is 0 Å². The van der Waals surface area contributed by atoms with Crippen molar-refractivity contribution in [2.45, 2.75) is 11.9 Å². The van der Waals surface area contributed by atoms with E-state index in [4.69, 9.17) is 32.7 Å². The lowest BCUT2D eigenvalue weighted by molar-refractivity contribution is 0.0943. The summed E-state index contributed by atoms with van der Waals surface area (Å²) < 4.78 is 38.2. The van der Waals surface area contributed by atoms with E-state index in [1.807, 2.05) is 12.1 Å². The minimum atomic E-state index is -3.53. The first-order valence-electron chi connectivity index (χ1n) is 7.23. The van der Waals surface area contributed by atoms with Crippen LogP contribution < -0.4 is 14.2 Å². The normalized spacial score (nSPS) is 16.8. The van der Waals surface area contributed by atoms with Crippen molar-refractivity contribution in [3.05, 3.63) is 58.1 Å². The Bertz CT molecular complexity index is 842. The molecule has 0 unspecified atom stereocenters. The molecule has 3 rings (SSSR count). The summed E-state index contributed by atoms with van der Waals surface area (Å²) in [4.78, 5) is 0. The summed E-state index contributed by atoms with van der Waals surface area (Å²) >= 11 is 11.7. The zero-order valence-electron chi connectivity index (χ0n) is 12.5. The molecular formula is C16H15Cl2NO4S. The Kier molecular flexibility index (Phi) is 5.20. The average Bonchev–Trinajstić information content (AvgIpc) is 2.56. The lowest BCUT2D eigenvalue weighted by Gasteiger charge is -2.26. The SMILES string of the molecule is O=S(=O)(Cc1ccc(Cl)c(Cl)c1)NC[C@H]1COc2ccccc2O1. The van der Waals surface area contributed by atoms with Gasteiger partial charge in [-0.2, -0.15) is 0 Å². The molecule has 0 saturated heterocycles. The molecule has 1 atom stereocenters. The Morgan fingerprint density at radius 2 is 1.83 bits per heavy atom. The van der Waals surface area contributed by atoms with Crippen LogP contribution in [-0.4, -0.2) is 27.7 Å². The molecular weight excluding hydrogens is 373 g/mol. The third-order valence-corrected chi connectivity index (χ3v) is 5.50. The fraction of sp³-hybridized carbons (Fsp3) is 0.250. The standard InChI is InChI=1S/C16H15Cl2NO4S/c17-13-6-5-11(7-14(13)18)10-24(20,21)19-8-12-9-22-15-3-1-2-4-16(15)23-12/h1-7,12,19H,8-10H2/t12-/m0/s1. The van der Waals surface area contributed by atoms with E-state index < -0.39 is 10.0 Å². The topological polar surface area (TPSA) is 64.6 Å². The Morgan fingerprint density at radius 3 is 2.58 bits per heavy atom. The first-order valence-corrected chi connectivity index (χ1v) is 9.63. The highest BCUT2D eigenvalue weighted by Crippen LogP contribution is 2.30. The van der Waals surface area contributed by atoms with Crippen molar-refractivity contribution in [2.75, 3.05) is 13.2 Å². The molecule has 0 radical (unpaired) electrons. The smallest absolute Gasteiger partial charge is 0.215 e. The van der Waals surface area contributed by atoms with E-state index in [2.05, 4.69) is 4.72 Å². The number of ether oxygens (including phenoxy) is 2. The van der Waals surface area contributed by atoms with Crippen molar-refractivity contribution >= 4 is 33.2 Å². The van der Waals surface area contributed by atoms with Crippen molar-refractivity contribution in [3.63, 3.8) is 0 Å². The molecule has 0 bridgehead atoms. The number of sulfonamides is 1. The quantitative estimate of drug-likeness (QED) is 0.854. The van der Waals surface area contributed by atoms with Crippen LogP contribution in [0.3, 0.4) is 0 Å². The lowest BCUT2D eigenvalue weighted by Crippen LogP contribution is -2.41.